The molecule has 0 aliphatic carbocycles. The van der Waals surface area contributed by atoms with Gasteiger partial charge in [-0.05, 0) is 67.6 Å². The molecule has 164 valence electrons. The van der Waals surface area contributed by atoms with E-state index in [0.717, 1.165) is 12.0 Å². The second-order valence-electron chi connectivity index (χ2n) is 6.96. The first kappa shape index (κ1) is 21.4. The summed E-state index contributed by atoms with van der Waals surface area (Å²) in [4.78, 5) is 16.9. The average Bonchev–Trinajstić information content (AvgIpc) is 3.17. The number of anilines is 1. The fraction of sp³-hybridized carbons (Fsp3) is 0.130. The Kier molecular flexibility index (Phi) is 5.83. The Morgan fingerprint density at radius 1 is 0.969 bits per heavy atom. The highest BCUT2D eigenvalue weighted by Crippen LogP contribution is 2.25. The molecule has 2 aromatic carbocycles. The average molecular weight is 452 g/mol. The number of ether oxygens (including phenoxy) is 2. The fourth-order valence-electron chi connectivity index (χ4n) is 3.14. The molecule has 1 amide bonds. The standard InChI is InChI=1S/C23H21N3O5S/c1-3-30-17-11-13-19(14-12-17)31-18-9-7-16(8-10-18)24-22(27)21-20-6-4-5-15-26(20)23(25-21)32(2,28)29/h4-15H,3H2,1-2H3,(H,24,27). The Balaban J connectivity index is 1.50. The van der Waals surface area contributed by atoms with Gasteiger partial charge in [0.25, 0.3) is 5.91 Å². The maximum atomic E-state index is 12.8. The van der Waals surface area contributed by atoms with E-state index >= 15 is 0 Å². The monoisotopic (exact) mass is 451 g/mol. The second kappa shape index (κ2) is 8.72. The molecule has 2 heterocycles. The third kappa shape index (κ3) is 4.57. The Morgan fingerprint density at radius 2 is 1.59 bits per heavy atom. The number of sulfone groups is 1. The molecule has 0 saturated carbocycles. The number of pyridine rings is 1. The fourth-order valence-corrected chi connectivity index (χ4v) is 3.92. The number of nitrogens with zero attached hydrogens (tertiary/aromatic N) is 2. The van der Waals surface area contributed by atoms with Crippen LogP contribution in [0.4, 0.5) is 5.69 Å². The number of benzene rings is 2. The van der Waals surface area contributed by atoms with Crippen molar-refractivity contribution in [1.29, 1.82) is 0 Å². The Labute approximate surface area is 185 Å². The maximum Gasteiger partial charge on any atom is 0.276 e. The van der Waals surface area contributed by atoms with Gasteiger partial charge >= 0.3 is 0 Å². The lowest BCUT2D eigenvalue weighted by Crippen LogP contribution is -2.13. The van der Waals surface area contributed by atoms with Crippen LogP contribution in [-0.2, 0) is 9.84 Å². The summed E-state index contributed by atoms with van der Waals surface area (Å²) in [7, 11) is -3.61. The number of rotatable bonds is 7. The molecule has 4 rings (SSSR count). The Bertz CT molecular complexity index is 1360. The van der Waals surface area contributed by atoms with E-state index in [9.17, 15) is 13.2 Å². The first-order valence-electron chi connectivity index (χ1n) is 9.84. The van der Waals surface area contributed by atoms with Crippen molar-refractivity contribution in [2.45, 2.75) is 12.1 Å². The van der Waals surface area contributed by atoms with E-state index in [4.69, 9.17) is 9.47 Å². The van der Waals surface area contributed by atoms with Crippen LogP contribution >= 0.6 is 0 Å². The van der Waals surface area contributed by atoms with E-state index in [1.165, 1.54) is 4.40 Å². The lowest BCUT2D eigenvalue weighted by Gasteiger charge is -2.09. The SMILES string of the molecule is CCOc1ccc(Oc2ccc(NC(=O)c3nc(S(C)(=O)=O)n4ccccc34)cc2)cc1. The summed E-state index contributed by atoms with van der Waals surface area (Å²) < 4.78 is 36.7. The number of carbonyl (C=O) groups is 1. The van der Waals surface area contributed by atoms with Gasteiger partial charge < -0.3 is 14.8 Å². The zero-order valence-electron chi connectivity index (χ0n) is 17.5. The molecule has 9 heteroatoms. The van der Waals surface area contributed by atoms with Crippen molar-refractivity contribution in [2.75, 3.05) is 18.2 Å². The van der Waals surface area contributed by atoms with E-state index in [1.807, 2.05) is 31.2 Å². The van der Waals surface area contributed by atoms with Gasteiger partial charge in [0.05, 0.1) is 12.1 Å². The van der Waals surface area contributed by atoms with Crippen LogP contribution in [-0.4, -0.2) is 36.6 Å². The summed E-state index contributed by atoms with van der Waals surface area (Å²) >= 11 is 0. The molecule has 2 aromatic heterocycles. The van der Waals surface area contributed by atoms with Crippen LogP contribution in [0.1, 0.15) is 17.4 Å². The van der Waals surface area contributed by atoms with Crippen LogP contribution in [0, 0.1) is 0 Å². The molecule has 0 aliphatic rings. The predicted octanol–water partition coefficient (Wildman–Crippen LogP) is 4.18. The molecule has 0 spiro atoms. The summed E-state index contributed by atoms with van der Waals surface area (Å²) in [5.74, 6) is 1.51. The van der Waals surface area contributed by atoms with Crippen LogP contribution in [0.25, 0.3) is 5.52 Å². The van der Waals surface area contributed by atoms with Gasteiger partial charge in [-0.2, -0.15) is 0 Å². The molecule has 0 aliphatic heterocycles. The first-order chi connectivity index (χ1) is 15.3. The molecule has 0 bridgehead atoms. The van der Waals surface area contributed by atoms with Crippen LogP contribution < -0.4 is 14.8 Å². The van der Waals surface area contributed by atoms with Crippen LogP contribution in [0.2, 0.25) is 0 Å². The van der Waals surface area contributed by atoms with E-state index in [0.29, 0.717) is 29.3 Å². The summed E-state index contributed by atoms with van der Waals surface area (Å²) in [6, 6.07) is 19.1. The van der Waals surface area contributed by atoms with E-state index < -0.39 is 15.7 Å². The van der Waals surface area contributed by atoms with Gasteiger partial charge in [0, 0.05) is 18.1 Å². The molecule has 0 saturated heterocycles. The number of carbonyl (C=O) groups excluding carboxylic acids is 1. The summed E-state index contributed by atoms with van der Waals surface area (Å²) in [5, 5.41) is 2.56. The zero-order chi connectivity index (χ0) is 22.7. The Morgan fingerprint density at radius 3 is 2.22 bits per heavy atom. The minimum absolute atomic E-state index is 0.0285. The molecule has 32 heavy (non-hydrogen) atoms. The van der Waals surface area contributed by atoms with Gasteiger partial charge in [0.1, 0.15) is 17.2 Å². The smallest absolute Gasteiger partial charge is 0.276 e. The molecule has 0 unspecified atom stereocenters. The van der Waals surface area contributed by atoms with Crippen molar-refractivity contribution < 1.29 is 22.7 Å². The van der Waals surface area contributed by atoms with Gasteiger partial charge in [-0.15, -0.1) is 0 Å². The Hall–Kier alpha value is -3.85. The van der Waals surface area contributed by atoms with E-state index in [1.54, 1.807) is 48.7 Å². The van der Waals surface area contributed by atoms with Crippen LogP contribution in [0.15, 0.2) is 78.1 Å². The number of imidazole rings is 1. The molecule has 8 nitrogen and oxygen atoms in total. The van der Waals surface area contributed by atoms with Crippen LogP contribution in [0.3, 0.4) is 0 Å². The van der Waals surface area contributed by atoms with Crippen molar-refractivity contribution in [3.05, 3.63) is 78.6 Å². The minimum Gasteiger partial charge on any atom is -0.494 e. The number of hydrogen-bond donors (Lipinski definition) is 1. The topological polar surface area (TPSA) is 99.0 Å². The van der Waals surface area contributed by atoms with Crippen molar-refractivity contribution >= 4 is 26.9 Å². The lowest BCUT2D eigenvalue weighted by atomic mass is 10.2. The van der Waals surface area contributed by atoms with Crippen molar-refractivity contribution in [3.63, 3.8) is 0 Å². The molecule has 0 fully saturated rings. The molecule has 0 radical (unpaired) electrons. The van der Waals surface area contributed by atoms with Gasteiger partial charge in [0.15, 0.2) is 5.69 Å². The maximum absolute atomic E-state index is 12.8. The third-order valence-electron chi connectivity index (χ3n) is 4.55. The normalized spacial score (nSPS) is 11.3. The van der Waals surface area contributed by atoms with Crippen molar-refractivity contribution in [3.8, 4) is 17.2 Å². The number of amides is 1. The third-order valence-corrected chi connectivity index (χ3v) is 5.50. The largest absolute Gasteiger partial charge is 0.494 e. The summed E-state index contributed by atoms with van der Waals surface area (Å²) in [6.45, 7) is 2.52. The highest BCUT2D eigenvalue weighted by Gasteiger charge is 2.22. The molecule has 1 N–H and O–H groups in total. The van der Waals surface area contributed by atoms with E-state index in [-0.39, 0.29) is 10.9 Å². The van der Waals surface area contributed by atoms with Crippen LogP contribution in [0.5, 0.6) is 17.2 Å². The molecule has 4 aromatic rings. The highest BCUT2D eigenvalue weighted by atomic mass is 32.2. The molecular formula is C23H21N3O5S. The van der Waals surface area contributed by atoms with Gasteiger partial charge in [-0.3, -0.25) is 9.20 Å². The number of nitrogens with one attached hydrogen (secondary N) is 1. The lowest BCUT2D eigenvalue weighted by molar-refractivity contribution is 0.102. The summed E-state index contributed by atoms with van der Waals surface area (Å²) in [6.07, 6.45) is 2.61. The number of aromatic nitrogens is 2. The quantitative estimate of drug-likeness (QED) is 0.453. The van der Waals surface area contributed by atoms with Crippen molar-refractivity contribution in [1.82, 2.24) is 9.38 Å². The highest BCUT2D eigenvalue weighted by molar-refractivity contribution is 7.90. The molecule has 0 atom stereocenters. The van der Waals surface area contributed by atoms with E-state index in [2.05, 4.69) is 10.3 Å². The summed E-state index contributed by atoms with van der Waals surface area (Å²) in [5.41, 5.74) is 0.952. The van der Waals surface area contributed by atoms with Gasteiger partial charge in [-0.25, -0.2) is 13.4 Å². The van der Waals surface area contributed by atoms with Crippen molar-refractivity contribution in [2.24, 2.45) is 0 Å². The zero-order valence-corrected chi connectivity index (χ0v) is 18.3. The first-order valence-corrected chi connectivity index (χ1v) is 11.7. The number of hydrogen-bond acceptors (Lipinski definition) is 6. The second-order valence-corrected chi connectivity index (χ2v) is 8.87. The predicted molar refractivity (Wildman–Crippen MR) is 120 cm³/mol. The van der Waals surface area contributed by atoms with Gasteiger partial charge in [-0.1, -0.05) is 6.07 Å². The number of fused-ring (bicyclic) bond motifs is 1. The molecular weight excluding hydrogens is 430 g/mol. The minimum atomic E-state index is -3.61. The van der Waals surface area contributed by atoms with Gasteiger partial charge in [0.2, 0.25) is 15.0 Å².